The number of nitrogens with zero attached hydrogens (tertiary/aromatic N) is 1. The monoisotopic (exact) mass is 542 g/mol. The fraction of sp³-hybridized carbons (Fsp3) is 0.296. The van der Waals surface area contributed by atoms with Gasteiger partial charge in [0.15, 0.2) is 5.78 Å². The molecule has 4 rings (SSSR count). The maximum Gasteiger partial charge on any atom is 0.238 e. The number of primary sulfonamides is 1. The van der Waals surface area contributed by atoms with Gasteiger partial charge in [0.05, 0.1) is 31.8 Å². The van der Waals surface area contributed by atoms with Gasteiger partial charge in [0.1, 0.15) is 11.5 Å². The molecule has 1 saturated heterocycles. The van der Waals surface area contributed by atoms with Crippen LogP contribution in [-0.2, 0) is 14.8 Å². The summed E-state index contributed by atoms with van der Waals surface area (Å²) in [5.74, 6) is 1.04. The van der Waals surface area contributed by atoms with Crippen LogP contribution >= 0.6 is 11.3 Å². The van der Waals surface area contributed by atoms with Crippen molar-refractivity contribution in [2.24, 2.45) is 5.14 Å². The van der Waals surface area contributed by atoms with Crippen LogP contribution in [0.3, 0.4) is 0 Å². The average molecular weight is 543 g/mol. The summed E-state index contributed by atoms with van der Waals surface area (Å²) < 4.78 is 40.2. The van der Waals surface area contributed by atoms with Crippen molar-refractivity contribution in [2.75, 3.05) is 46.6 Å². The van der Waals surface area contributed by atoms with Gasteiger partial charge in [0, 0.05) is 47.3 Å². The second-order valence-corrected chi connectivity index (χ2v) is 11.0. The Morgan fingerprint density at radius 3 is 2.54 bits per heavy atom. The third kappa shape index (κ3) is 7.27. The van der Waals surface area contributed by atoms with Crippen LogP contribution in [0, 0.1) is 0 Å². The Morgan fingerprint density at radius 2 is 1.89 bits per heavy atom. The quantitative estimate of drug-likeness (QED) is 0.221. The van der Waals surface area contributed by atoms with Gasteiger partial charge < -0.3 is 14.2 Å². The number of ether oxygens (including phenoxy) is 3. The number of carbonyl (C=O) groups is 1. The molecule has 0 amide bonds. The number of nitrogens with two attached hydrogens (primary N) is 1. The van der Waals surface area contributed by atoms with Crippen molar-refractivity contribution >= 4 is 33.2 Å². The van der Waals surface area contributed by atoms with Gasteiger partial charge in [-0.1, -0.05) is 6.07 Å². The second kappa shape index (κ2) is 12.5. The molecule has 2 heterocycles. The van der Waals surface area contributed by atoms with Gasteiger partial charge in [-0.05, 0) is 60.4 Å². The number of morpholine rings is 1. The van der Waals surface area contributed by atoms with E-state index in [0.29, 0.717) is 23.7 Å². The van der Waals surface area contributed by atoms with E-state index in [9.17, 15) is 13.2 Å². The number of sulfonamides is 1. The van der Waals surface area contributed by atoms with Gasteiger partial charge in [0.2, 0.25) is 10.0 Å². The zero-order chi connectivity index (χ0) is 26.3. The molecule has 8 nitrogen and oxygen atoms in total. The molecule has 0 atom stereocenters. The number of carbonyl (C=O) groups excluding carboxylic acids is 1. The predicted octanol–water partition coefficient (Wildman–Crippen LogP) is 4.07. The SMILES string of the molecule is COc1cc(OCCCN2CCOCC2)c(/C=C/C(=O)c2ccc(S(N)(=O)=O)cc2)cc1-c1cccs1. The molecule has 0 aliphatic carbocycles. The Labute approximate surface area is 221 Å². The second-order valence-electron chi connectivity index (χ2n) is 8.49. The standard InChI is InChI=1S/C27H30N2O6S2/c1-33-26-19-25(35-14-3-11-29-12-15-34-16-13-29)21(18-23(26)27-4-2-17-36-27)7-10-24(30)20-5-8-22(9-6-20)37(28,31)32/h2,4-10,17-19H,3,11-16H2,1H3,(H2,28,31,32)/b10-7+. The van der Waals surface area contributed by atoms with Crippen molar-refractivity contribution in [2.45, 2.75) is 11.3 Å². The summed E-state index contributed by atoms with van der Waals surface area (Å²) in [5, 5.41) is 7.14. The maximum atomic E-state index is 12.8. The van der Waals surface area contributed by atoms with Crippen molar-refractivity contribution in [3.8, 4) is 21.9 Å². The van der Waals surface area contributed by atoms with Crippen LogP contribution in [0.4, 0.5) is 0 Å². The third-order valence-corrected chi connectivity index (χ3v) is 7.81. The highest BCUT2D eigenvalue weighted by atomic mass is 32.2. The zero-order valence-corrected chi connectivity index (χ0v) is 22.2. The zero-order valence-electron chi connectivity index (χ0n) is 20.6. The molecule has 1 aliphatic heterocycles. The number of ketones is 1. The Balaban J connectivity index is 1.54. The molecule has 3 aromatic rings. The molecule has 2 aromatic carbocycles. The molecule has 0 bridgehead atoms. The fourth-order valence-electron chi connectivity index (χ4n) is 3.99. The molecule has 0 saturated carbocycles. The predicted molar refractivity (Wildman–Crippen MR) is 145 cm³/mol. The Bertz CT molecular complexity index is 1330. The summed E-state index contributed by atoms with van der Waals surface area (Å²) in [6.45, 7) is 4.82. The van der Waals surface area contributed by atoms with E-state index in [4.69, 9.17) is 19.3 Å². The third-order valence-electron chi connectivity index (χ3n) is 5.98. The van der Waals surface area contributed by atoms with Crippen LogP contribution in [0.1, 0.15) is 22.3 Å². The number of hydrogen-bond acceptors (Lipinski definition) is 8. The van der Waals surface area contributed by atoms with Gasteiger partial charge in [-0.15, -0.1) is 11.3 Å². The molecule has 10 heteroatoms. The number of rotatable bonds is 11. The van der Waals surface area contributed by atoms with Crippen LogP contribution in [-0.4, -0.2) is 65.7 Å². The lowest BCUT2D eigenvalue weighted by atomic mass is 10.0. The Kier molecular flexibility index (Phi) is 9.12. The first-order valence-corrected chi connectivity index (χ1v) is 14.3. The van der Waals surface area contributed by atoms with E-state index >= 15 is 0 Å². The van der Waals surface area contributed by atoms with Crippen molar-refractivity contribution < 1.29 is 27.4 Å². The van der Waals surface area contributed by atoms with Crippen LogP contribution < -0.4 is 14.6 Å². The first-order chi connectivity index (χ1) is 17.8. The Morgan fingerprint density at radius 1 is 1.14 bits per heavy atom. The molecule has 1 aliphatic rings. The molecule has 0 unspecified atom stereocenters. The molecule has 37 heavy (non-hydrogen) atoms. The summed E-state index contributed by atoms with van der Waals surface area (Å²) >= 11 is 1.60. The minimum atomic E-state index is -3.82. The minimum absolute atomic E-state index is 0.0449. The number of benzene rings is 2. The number of hydrogen-bond donors (Lipinski definition) is 1. The highest BCUT2D eigenvalue weighted by molar-refractivity contribution is 7.89. The van der Waals surface area contributed by atoms with Gasteiger partial charge in [-0.25, -0.2) is 13.6 Å². The minimum Gasteiger partial charge on any atom is -0.496 e. The van der Waals surface area contributed by atoms with E-state index in [1.807, 2.05) is 29.6 Å². The highest BCUT2D eigenvalue weighted by Gasteiger charge is 2.15. The van der Waals surface area contributed by atoms with Crippen molar-refractivity contribution in [3.63, 3.8) is 0 Å². The molecule has 0 spiro atoms. The van der Waals surface area contributed by atoms with Crippen molar-refractivity contribution in [1.29, 1.82) is 0 Å². The summed E-state index contributed by atoms with van der Waals surface area (Å²) in [7, 11) is -2.20. The van der Waals surface area contributed by atoms with Crippen molar-refractivity contribution in [3.05, 3.63) is 71.1 Å². The van der Waals surface area contributed by atoms with Crippen LogP contribution in [0.15, 0.2) is 64.9 Å². The molecule has 1 aromatic heterocycles. The lowest BCUT2D eigenvalue weighted by molar-refractivity contribution is 0.0358. The van der Waals surface area contributed by atoms with Crippen LogP contribution in [0.2, 0.25) is 0 Å². The topological polar surface area (TPSA) is 108 Å². The highest BCUT2D eigenvalue weighted by Crippen LogP contribution is 2.39. The van der Waals surface area contributed by atoms with E-state index in [1.54, 1.807) is 24.5 Å². The molecule has 0 radical (unpaired) electrons. The normalized spacial score (nSPS) is 14.6. The van der Waals surface area contributed by atoms with E-state index < -0.39 is 10.0 Å². The van der Waals surface area contributed by atoms with Crippen molar-refractivity contribution in [1.82, 2.24) is 4.90 Å². The van der Waals surface area contributed by atoms with Gasteiger partial charge in [-0.2, -0.15) is 0 Å². The van der Waals surface area contributed by atoms with Gasteiger partial charge in [-0.3, -0.25) is 9.69 Å². The summed E-state index contributed by atoms with van der Waals surface area (Å²) in [6, 6.07) is 13.3. The van der Waals surface area contributed by atoms with Gasteiger partial charge >= 0.3 is 0 Å². The number of methoxy groups -OCH3 is 1. The summed E-state index contributed by atoms with van der Waals surface area (Å²) in [6.07, 6.45) is 4.02. The van der Waals surface area contributed by atoms with E-state index in [1.165, 1.54) is 30.3 Å². The maximum absolute atomic E-state index is 12.8. The molecule has 2 N–H and O–H groups in total. The van der Waals surface area contributed by atoms with E-state index in [0.717, 1.165) is 55.3 Å². The first kappa shape index (κ1) is 27.0. The lowest BCUT2D eigenvalue weighted by Gasteiger charge is -2.26. The summed E-state index contributed by atoms with van der Waals surface area (Å²) in [5.41, 5.74) is 2.00. The Hall–Kier alpha value is -3.02. The van der Waals surface area contributed by atoms with E-state index in [2.05, 4.69) is 4.90 Å². The fourth-order valence-corrected chi connectivity index (χ4v) is 5.25. The first-order valence-electron chi connectivity index (χ1n) is 11.9. The van der Waals surface area contributed by atoms with Gasteiger partial charge in [0.25, 0.3) is 0 Å². The number of thiophene rings is 1. The average Bonchev–Trinajstić information content (AvgIpc) is 3.45. The largest absolute Gasteiger partial charge is 0.496 e. The smallest absolute Gasteiger partial charge is 0.238 e. The van der Waals surface area contributed by atoms with Crippen LogP contribution in [0.25, 0.3) is 16.5 Å². The number of allylic oxidation sites excluding steroid dienone is 1. The molecule has 196 valence electrons. The molecule has 1 fully saturated rings. The summed E-state index contributed by atoms with van der Waals surface area (Å²) in [4.78, 5) is 16.2. The lowest BCUT2D eigenvalue weighted by Crippen LogP contribution is -2.37. The van der Waals surface area contributed by atoms with Crippen LogP contribution in [0.5, 0.6) is 11.5 Å². The molecular formula is C27H30N2O6S2. The van der Waals surface area contributed by atoms with E-state index in [-0.39, 0.29) is 10.7 Å². The molecular weight excluding hydrogens is 512 g/mol.